The fraction of sp³-hybridized carbons (Fsp3) is 0.310. The van der Waals surface area contributed by atoms with Crippen molar-refractivity contribution in [2.75, 3.05) is 13.1 Å². The molecule has 1 N–H and O–H groups in total. The predicted octanol–water partition coefficient (Wildman–Crippen LogP) is 6.29. The Morgan fingerprint density at radius 1 is 1.00 bits per heavy atom. The van der Waals surface area contributed by atoms with Crippen molar-refractivity contribution in [3.05, 3.63) is 97.4 Å². The van der Waals surface area contributed by atoms with Gasteiger partial charge < -0.3 is 19.6 Å². The van der Waals surface area contributed by atoms with E-state index in [9.17, 15) is 28.3 Å². The Hall–Kier alpha value is -3.96. The van der Waals surface area contributed by atoms with Crippen LogP contribution in [0.15, 0.2) is 58.6 Å². The van der Waals surface area contributed by atoms with E-state index in [4.69, 9.17) is 32.8 Å². The lowest BCUT2D eigenvalue weighted by atomic mass is 10.0. The highest BCUT2D eigenvalue weighted by Crippen LogP contribution is 2.30. The first-order valence-corrected chi connectivity index (χ1v) is 13.6. The number of likely N-dealkylation sites (tertiary alicyclic amines) is 1. The Morgan fingerprint density at radius 2 is 1.64 bits per heavy atom. The van der Waals surface area contributed by atoms with E-state index in [-0.39, 0.29) is 38.1 Å². The van der Waals surface area contributed by atoms with E-state index in [1.54, 1.807) is 25.7 Å². The van der Waals surface area contributed by atoms with Crippen molar-refractivity contribution >= 4 is 41.0 Å². The predicted molar refractivity (Wildman–Crippen MR) is 153 cm³/mol. The average molecular weight is 622 g/mol. The summed E-state index contributed by atoms with van der Waals surface area (Å²) in [5.74, 6) is -2.98. The molecule has 3 aromatic rings. The highest BCUT2D eigenvalue weighted by molar-refractivity contribution is 6.38. The summed E-state index contributed by atoms with van der Waals surface area (Å²) in [5.41, 5.74) is -1.34. The van der Waals surface area contributed by atoms with Crippen LogP contribution in [0.2, 0.25) is 10.0 Å². The number of ether oxygens (including phenoxy) is 1. The first kappa shape index (κ1) is 31.0. The lowest BCUT2D eigenvalue weighted by molar-refractivity contribution is -0.00979. The SMILES string of the molecule is CC(C)(C)OC(=O)N1CCC(ON=C(c2ccc(=O)n(-c3c(Cl)cc(C(=O)O)cc3Cl)c2)c2ccc(F)cc2F)CC1. The molecule has 0 spiro atoms. The second-order valence-corrected chi connectivity index (χ2v) is 11.4. The molecular formula is C29H27Cl2F2N3O6. The van der Waals surface area contributed by atoms with Crippen molar-refractivity contribution < 1.29 is 33.1 Å². The molecule has 0 unspecified atom stereocenters. The molecule has 2 heterocycles. The molecule has 42 heavy (non-hydrogen) atoms. The topological polar surface area (TPSA) is 110 Å². The van der Waals surface area contributed by atoms with Crippen LogP contribution in [0.25, 0.3) is 5.69 Å². The van der Waals surface area contributed by atoms with Gasteiger partial charge in [0.2, 0.25) is 0 Å². The van der Waals surface area contributed by atoms with E-state index >= 15 is 0 Å². The molecule has 4 rings (SSSR count). The largest absolute Gasteiger partial charge is 0.478 e. The number of carboxylic acid groups (broad SMARTS) is 1. The van der Waals surface area contributed by atoms with Gasteiger partial charge in [0, 0.05) is 55.4 Å². The number of amides is 1. The maximum Gasteiger partial charge on any atom is 0.410 e. The molecule has 13 heteroatoms. The Kier molecular flexibility index (Phi) is 9.22. The van der Waals surface area contributed by atoms with Crippen molar-refractivity contribution in [1.29, 1.82) is 0 Å². The molecule has 9 nitrogen and oxygen atoms in total. The number of carbonyl (C=O) groups excluding carboxylic acids is 1. The van der Waals surface area contributed by atoms with E-state index in [2.05, 4.69) is 5.16 Å². The molecule has 1 aliphatic heterocycles. The average Bonchev–Trinajstić information content (AvgIpc) is 2.90. The van der Waals surface area contributed by atoms with Crippen LogP contribution in [-0.2, 0) is 9.57 Å². The van der Waals surface area contributed by atoms with Crippen LogP contribution >= 0.6 is 23.2 Å². The number of carboxylic acids is 1. The third-order valence-corrected chi connectivity index (χ3v) is 6.84. The van der Waals surface area contributed by atoms with Gasteiger partial charge in [0.05, 0.1) is 21.3 Å². The third kappa shape index (κ3) is 7.27. The monoisotopic (exact) mass is 621 g/mol. The molecule has 1 saturated heterocycles. The molecule has 1 amide bonds. The zero-order valence-electron chi connectivity index (χ0n) is 22.9. The molecule has 0 saturated carbocycles. The summed E-state index contributed by atoms with van der Waals surface area (Å²) in [6.45, 7) is 6.04. The van der Waals surface area contributed by atoms with E-state index < -0.39 is 41.0 Å². The number of hydrogen-bond donors (Lipinski definition) is 1. The van der Waals surface area contributed by atoms with E-state index in [1.165, 1.54) is 24.4 Å². The minimum absolute atomic E-state index is 0.00421. The fourth-order valence-electron chi connectivity index (χ4n) is 4.26. The quantitative estimate of drug-likeness (QED) is 0.256. The zero-order chi connectivity index (χ0) is 30.8. The standard InChI is InChI=1S/C29H27Cl2F2N3O6/c1-29(2,3)41-28(40)35-10-8-19(9-11-35)42-34-25(20-6-5-18(32)14-23(20)33)16-4-7-24(37)36(15-16)26-21(30)12-17(27(38)39)13-22(26)31/h4-7,12-15,19H,8-11H2,1-3H3,(H,38,39). The van der Waals surface area contributed by atoms with E-state index in [0.717, 1.165) is 22.8 Å². The summed E-state index contributed by atoms with van der Waals surface area (Å²) in [5, 5.41) is 13.3. The maximum absolute atomic E-state index is 15.0. The summed E-state index contributed by atoms with van der Waals surface area (Å²) in [6, 6.07) is 7.78. The number of rotatable bonds is 6. The van der Waals surface area contributed by atoms with Crippen LogP contribution in [0.3, 0.4) is 0 Å². The summed E-state index contributed by atoms with van der Waals surface area (Å²) in [4.78, 5) is 43.9. The lowest BCUT2D eigenvalue weighted by Gasteiger charge is -2.32. The van der Waals surface area contributed by atoms with Gasteiger partial charge in [0.25, 0.3) is 5.56 Å². The molecule has 1 aliphatic rings. The van der Waals surface area contributed by atoms with Crippen LogP contribution in [0, 0.1) is 11.6 Å². The molecule has 0 radical (unpaired) electrons. The summed E-state index contributed by atoms with van der Waals surface area (Å²) < 4.78 is 35.2. The van der Waals surface area contributed by atoms with Gasteiger partial charge in [-0.2, -0.15) is 0 Å². The Balaban J connectivity index is 1.68. The maximum atomic E-state index is 15.0. The molecule has 222 valence electrons. The fourth-order valence-corrected chi connectivity index (χ4v) is 4.93. The molecule has 1 fully saturated rings. The second-order valence-electron chi connectivity index (χ2n) is 10.6. The van der Waals surface area contributed by atoms with Crippen molar-refractivity contribution in [3.8, 4) is 5.69 Å². The lowest BCUT2D eigenvalue weighted by Crippen LogP contribution is -2.43. The number of halogens is 4. The van der Waals surface area contributed by atoms with Gasteiger partial charge in [0.15, 0.2) is 0 Å². The first-order chi connectivity index (χ1) is 19.7. The number of benzene rings is 2. The molecule has 0 atom stereocenters. The van der Waals surface area contributed by atoms with Crippen molar-refractivity contribution in [2.24, 2.45) is 5.16 Å². The van der Waals surface area contributed by atoms with Crippen LogP contribution in [0.4, 0.5) is 13.6 Å². The van der Waals surface area contributed by atoms with Gasteiger partial charge in [0.1, 0.15) is 29.1 Å². The number of pyridine rings is 1. The molecule has 2 aromatic carbocycles. The Morgan fingerprint density at radius 3 is 2.21 bits per heavy atom. The number of nitrogens with zero attached hydrogens (tertiary/aromatic N) is 3. The summed E-state index contributed by atoms with van der Waals surface area (Å²) in [7, 11) is 0. The van der Waals surface area contributed by atoms with Crippen molar-refractivity contribution in [2.45, 2.75) is 45.3 Å². The zero-order valence-corrected chi connectivity index (χ0v) is 24.4. The van der Waals surface area contributed by atoms with Gasteiger partial charge in [-0.05, 0) is 51.1 Å². The number of aromatic nitrogens is 1. The minimum atomic E-state index is -1.26. The van der Waals surface area contributed by atoms with Gasteiger partial charge in [-0.3, -0.25) is 9.36 Å². The molecular weight excluding hydrogens is 595 g/mol. The molecule has 0 bridgehead atoms. The third-order valence-electron chi connectivity index (χ3n) is 6.26. The Bertz CT molecular complexity index is 1590. The van der Waals surface area contributed by atoms with Crippen LogP contribution in [0.1, 0.15) is 55.1 Å². The van der Waals surface area contributed by atoms with Gasteiger partial charge in [-0.1, -0.05) is 28.4 Å². The highest BCUT2D eigenvalue weighted by atomic mass is 35.5. The van der Waals surface area contributed by atoms with Crippen molar-refractivity contribution in [1.82, 2.24) is 9.47 Å². The van der Waals surface area contributed by atoms with Crippen LogP contribution in [-0.4, -0.2) is 57.1 Å². The number of hydrogen-bond acceptors (Lipinski definition) is 6. The van der Waals surface area contributed by atoms with E-state index in [1.807, 2.05) is 0 Å². The smallest absolute Gasteiger partial charge is 0.410 e. The number of piperidine rings is 1. The molecule has 1 aromatic heterocycles. The molecule has 0 aliphatic carbocycles. The second kappa shape index (κ2) is 12.5. The van der Waals surface area contributed by atoms with Crippen LogP contribution in [0.5, 0.6) is 0 Å². The number of carbonyl (C=O) groups is 2. The Labute approximate surface area is 249 Å². The van der Waals surface area contributed by atoms with Crippen molar-refractivity contribution in [3.63, 3.8) is 0 Å². The van der Waals surface area contributed by atoms with Gasteiger partial charge >= 0.3 is 12.1 Å². The minimum Gasteiger partial charge on any atom is -0.478 e. The summed E-state index contributed by atoms with van der Waals surface area (Å²) >= 11 is 12.6. The number of oxime groups is 1. The van der Waals surface area contributed by atoms with Gasteiger partial charge in [-0.25, -0.2) is 18.4 Å². The normalized spacial score (nSPS) is 14.5. The van der Waals surface area contributed by atoms with E-state index in [0.29, 0.717) is 32.0 Å². The van der Waals surface area contributed by atoms with Gasteiger partial charge in [-0.15, -0.1) is 0 Å². The first-order valence-electron chi connectivity index (χ1n) is 12.9. The summed E-state index contributed by atoms with van der Waals surface area (Å²) in [6.07, 6.45) is 1.27. The van der Waals surface area contributed by atoms with Crippen LogP contribution < -0.4 is 5.56 Å². The number of aromatic carboxylic acids is 1. The highest BCUT2D eigenvalue weighted by Gasteiger charge is 2.28.